The number of nitrogens with zero attached hydrogens (tertiary/aromatic N) is 1. The second kappa shape index (κ2) is 9.69. The van der Waals surface area contributed by atoms with Crippen molar-refractivity contribution >= 4 is 17.7 Å². The van der Waals surface area contributed by atoms with E-state index in [1.54, 1.807) is 24.2 Å². The van der Waals surface area contributed by atoms with Crippen molar-refractivity contribution in [1.29, 1.82) is 0 Å². The van der Waals surface area contributed by atoms with Crippen LogP contribution in [0.25, 0.3) is 0 Å². The van der Waals surface area contributed by atoms with Crippen LogP contribution in [0.15, 0.2) is 24.5 Å². The summed E-state index contributed by atoms with van der Waals surface area (Å²) in [7, 11) is 0. The Morgan fingerprint density at radius 1 is 1.55 bits per heavy atom. The SMILES string of the molecule is CC1CC(C(=O)OCSCCCOc2cccnc2)CCO1. The van der Waals surface area contributed by atoms with Crippen molar-refractivity contribution in [2.75, 3.05) is 24.9 Å². The molecule has 122 valence electrons. The second-order valence-electron chi connectivity index (χ2n) is 5.28. The number of hydrogen-bond acceptors (Lipinski definition) is 6. The van der Waals surface area contributed by atoms with E-state index in [0.29, 0.717) is 19.2 Å². The lowest BCUT2D eigenvalue weighted by Gasteiger charge is -2.25. The fourth-order valence-corrected chi connectivity index (χ4v) is 2.91. The normalized spacial score (nSPS) is 21.3. The van der Waals surface area contributed by atoms with E-state index < -0.39 is 0 Å². The molecule has 0 N–H and O–H groups in total. The van der Waals surface area contributed by atoms with Crippen LogP contribution >= 0.6 is 11.8 Å². The first-order valence-corrected chi connectivity index (χ1v) is 8.80. The first kappa shape index (κ1) is 17.1. The van der Waals surface area contributed by atoms with Gasteiger partial charge in [-0.25, -0.2) is 0 Å². The van der Waals surface area contributed by atoms with Crippen LogP contribution in [0.2, 0.25) is 0 Å². The quantitative estimate of drug-likeness (QED) is 0.416. The lowest BCUT2D eigenvalue weighted by Crippen LogP contribution is -2.29. The van der Waals surface area contributed by atoms with Gasteiger partial charge in [-0.2, -0.15) is 0 Å². The van der Waals surface area contributed by atoms with Gasteiger partial charge in [-0.1, -0.05) is 0 Å². The maximum absolute atomic E-state index is 11.9. The fourth-order valence-electron chi connectivity index (χ4n) is 2.27. The Bertz CT molecular complexity index is 443. The Balaban J connectivity index is 1.48. The van der Waals surface area contributed by atoms with Gasteiger partial charge in [0.15, 0.2) is 0 Å². The van der Waals surface area contributed by atoms with Crippen molar-refractivity contribution in [3.63, 3.8) is 0 Å². The van der Waals surface area contributed by atoms with Gasteiger partial charge in [0, 0.05) is 12.8 Å². The Morgan fingerprint density at radius 3 is 3.23 bits per heavy atom. The highest BCUT2D eigenvalue weighted by atomic mass is 32.2. The Labute approximate surface area is 135 Å². The van der Waals surface area contributed by atoms with Crippen LogP contribution in [0.4, 0.5) is 0 Å². The second-order valence-corrected chi connectivity index (χ2v) is 6.34. The zero-order valence-corrected chi connectivity index (χ0v) is 13.7. The predicted molar refractivity (Wildman–Crippen MR) is 85.9 cm³/mol. The monoisotopic (exact) mass is 325 g/mol. The summed E-state index contributed by atoms with van der Waals surface area (Å²) in [6, 6.07) is 3.73. The van der Waals surface area contributed by atoms with Gasteiger partial charge in [-0.3, -0.25) is 9.78 Å². The third kappa shape index (κ3) is 6.23. The van der Waals surface area contributed by atoms with Gasteiger partial charge in [0.1, 0.15) is 11.7 Å². The van der Waals surface area contributed by atoms with Crippen LogP contribution in [-0.2, 0) is 14.3 Å². The predicted octanol–water partition coefficient (Wildman–Crippen LogP) is 2.90. The highest BCUT2D eigenvalue weighted by Gasteiger charge is 2.26. The number of aromatic nitrogens is 1. The number of thioether (sulfide) groups is 1. The summed E-state index contributed by atoms with van der Waals surface area (Å²) in [4.78, 5) is 15.9. The van der Waals surface area contributed by atoms with Crippen molar-refractivity contribution in [3.8, 4) is 5.75 Å². The summed E-state index contributed by atoms with van der Waals surface area (Å²) < 4.78 is 16.3. The average Bonchev–Trinajstić information content (AvgIpc) is 2.54. The highest BCUT2D eigenvalue weighted by molar-refractivity contribution is 7.99. The van der Waals surface area contributed by atoms with Gasteiger partial charge < -0.3 is 14.2 Å². The molecule has 0 aliphatic carbocycles. The standard InChI is InChI=1S/C16H23NO4S/c1-13-10-14(5-8-19-13)16(18)21-12-22-9-3-7-20-15-4-2-6-17-11-15/h2,4,6,11,13-14H,3,5,7-10,12H2,1H3. The zero-order chi connectivity index (χ0) is 15.6. The van der Waals surface area contributed by atoms with Crippen molar-refractivity contribution in [1.82, 2.24) is 4.98 Å². The third-order valence-electron chi connectivity index (χ3n) is 3.44. The topological polar surface area (TPSA) is 57.7 Å². The lowest BCUT2D eigenvalue weighted by molar-refractivity contribution is -0.151. The van der Waals surface area contributed by atoms with Crippen molar-refractivity contribution in [3.05, 3.63) is 24.5 Å². The molecule has 2 rings (SSSR count). The van der Waals surface area contributed by atoms with Crippen LogP contribution in [0.5, 0.6) is 5.75 Å². The minimum atomic E-state index is -0.0886. The summed E-state index contributed by atoms with van der Waals surface area (Å²) in [5.74, 6) is 2.01. The Kier molecular flexibility index (Phi) is 7.53. The number of pyridine rings is 1. The van der Waals surface area contributed by atoms with Crippen molar-refractivity contribution in [2.45, 2.75) is 32.3 Å². The van der Waals surface area contributed by atoms with E-state index in [2.05, 4.69) is 4.98 Å². The average molecular weight is 325 g/mol. The van der Waals surface area contributed by atoms with E-state index in [9.17, 15) is 4.79 Å². The fraction of sp³-hybridized carbons (Fsp3) is 0.625. The maximum atomic E-state index is 11.9. The molecule has 22 heavy (non-hydrogen) atoms. The van der Waals surface area contributed by atoms with Crippen molar-refractivity contribution < 1.29 is 19.0 Å². The number of hydrogen-bond donors (Lipinski definition) is 0. The van der Waals surface area contributed by atoms with E-state index in [4.69, 9.17) is 14.2 Å². The van der Waals surface area contributed by atoms with E-state index in [-0.39, 0.29) is 18.0 Å². The molecular weight excluding hydrogens is 302 g/mol. The highest BCUT2D eigenvalue weighted by Crippen LogP contribution is 2.21. The number of ether oxygens (including phenoxy) is 3. The molecule has 2 atom stereocenters. The molecule has 1 aliphatic heterocycles. The summed E-state index contributed by atoms with van der Waals surface area (Å²) in [5.41, 5.74) is 0. The van der Waals surface area contributed by atoms with Gasteiger partial charge in [0.05, 0.1) is 24.8 Å². The molecule has 0 spiro atoms. The molecule has 0 bridgehead atoms. The van der Waals surface area contributed by atoms with Crippen LogP contribution in [-0.4, -0.2) is 42.0 Å². The molecule has 1 saturated heterocycles. The minimum Gasteiger partial charge on any atom is -0.492 e. The molecule has 1 fully saturated rings. The summed E-state index contributed by atoms with van der Waals surface area (Å²) in [6.45, 7) is 3.29. The molecule has 0 radical (unpaired) electrons. The van der Waals surface area contributed by atoms with Crippen LogP contribution < -0.4 is 4.74 Å². The molecule has 0 saturated carbocycles. The number of rotatable bonds is 8. The van der Waals surface area contributed by atoms with E-state index in [1.165, 1.54) is 0 Å². The first-order valence-electron chi connectivity index (χ1n) is 7.64. The molecular formula is C16H23NO4S. The number of carbonyl (C=O) groups excluding carboxylic acids is 1. The zero-order valence-electron chi connectivity index (χ0n) is 12.9. The van der Waals surface area contributed by atoms with E-state index >= 15 is 0 Å². The van der Waals surface area contributed by atoms with E-state index in [1.807, 2.05) is 19.1 Å². The smallest absolute Gasteiger partial charge is 0.309 e. The van der Waals surface area contributed by atoms with Crippen LogP contribution in [0.1, 0.15) is 26.2 Å². The van der Waals surface area contributed by atoms with Crippen LogP contribution in [0.3, 0.4) is 0 Å². The Morgan fingerprint density at radius 2 is 2.45 bits per heavy atom. The summed E-state index contributed by atoms with van der Waals surface area (Å²) in [5, 5.41) is 0. The molecule has 6 heteroatoms. The molecule has 1 aromatic heterocycles. The van der Waals surface area contributed by atoms with Gasteiger partial charge in [0.2, 0.25) is 0 Å². The molecule has 0 amide bonds. The first-order chi connectivity index (χ1) is 10.8. The largest absolute Gasteiger partial charge is 0.492 e. The van der Waals surface area contributed by atoms with Gasteiger partial charge in [-0.05, 0) is 44.1 Å². The lowest BCUT2D eigenvalue weighted by atomic mass is 9.97. The number of esters is 1. The van der Waals surface area contributed by atoms with E-state index in [0.717, 1.165) is 30.8 Å². The molecule has 1 aromatic rings. The molecule has 2 heterocycles. The summed E-state index contributed by atoms with van der Waals surface area (Å²) in [6.07, 6.45) is 6.02. The molecule has 0 aromatic carbocycles. The number of carbonyl (C=O) groups is 1. The Hall–Kier alpha value is -1.27. The van der Waals surface area contributed by atoms with Crippen LogP contribution in [0, 0.1) is 5.92 Å². The molecule has 1 aliphatic rings. The molecule has 2 unspecified atom stereocenters. The van der Waals surface area contributed by atoms with Crippen molar-refractivity contribution in [2.24, 2.45) is 5.92 Å². The molecule has 5 nitrogen and oxygen atoms in total. The summed E-state index contributed by atoms with van der Waals surface area (Å²) >= 11 is 1.61. The van der Waals surface area contributed by atoms with Gasteiger partial charge in [-0.15, -0.1) is 11.8 Å². The maximum Gasteiger partial charge on any atom is 0.309 e. The van der Waals surface area contributed by atoms with Gasteiger partial charge in [0.25, 0.3) is 0 Å². The third-order valence-corrected chi connectivity index (χ3v) is 4.30. The van der Waals surface area contributed by atoms with Gasteiger partial charge >= 0.3 is 5.97 Å². The minimum absolute atomic E-state index is 0.00161.